The maximum absolute atomic E-state index is 13.7. The number of amides is 1. The number of hydrogen-bond acceptors (Lipinski definition) is 9. The van der Waals surface area contributed by atoms with Crippen molar-refractivity contribution in [3.05, 3.63) is 51.8 Å². The minimum Gasteiger partial charge on any atom is -0.334 e. The SMILES string of the molecule is C[C@@H](C(=O)Nc1ccnc(-c2cnc(N3CC(C)(F)C3)nc2)n1)n1cnc2c1c(=O)n(C)c(=O)n2C. The van der Waals surface area contributed by atoms with Crippen LogP contribution in [-0.2, 0) is 18.9 Å². The van der Waals surface area contributed by atoms with Crippen molar-refractivity contribution in [2.75, 3.05) is 23.3 Å². The van der Waals surface area contributed by atoms with Gasteiger partial charge in [-0.2, -0.15) is 0 Å². The number of aromatic nitrogens is 8. The lowest BCUT2D eigenvalue weighted by molar-refractivity contribution is -0.118. The number of alkyl halides is 1. The van der Waals surface area contributed by atoms with E-state index in [1.165, 1.54) is 61.1 Å². The normalized spacial score (nSPS) is 15.5. The smallest absolute Gasteiger partial charge is 0.332 e. The monoisotopic (exact) mass is 494 g/mol. The summed E-state index contributed by atoms with van der Waals surface area (Å²) in [6.45, 7) is 3.60. The van der Waals surface area contributed by atoms with Crippen LogP contribution in [0.2, 0.25) is 0 Å². The van der Waals surface area contributed by atoms with E-state index < -0.39 is 28.9 Å². The number of carbonyl (C=O) groups is 1. The second-order valence-electron chi connectivity index (χ2n) is 9.00. The Morgan fingerprint density at radius 3 is 2.47 bits per heavy atom. The average Bonchev–Trinajstić information content (AvgIpc) is 3.30. The fraction of sp³-hybridized carbons (Fsp3) is 0.364. The topological polar surface area (TPSA) is 146 Å². The first-order valence-corrected chi connectivity index (χ1v) is 11.1. The molecule has 1 amide bonds. The van der Waals surface area contributed by atoms with Crippen molar-refractivity contribution in [2.24, 2.45) is 14.1 Å². The third-order valence-corrected chi connectivity index (χ3v) is 6.10. The lowest BCUT2D eigenvalue weighted by Crippen LogP contribution is -2.57. The number of aryl methyl sites for hydroxylation is 1. The van der Waals surface area contributed by atoms with Crippen LogP contribution in [0.15, 0.2) is 40.6 Å². The van der Waals surface area contributed by atoms with Gasteiger partial charge < -0.3 is 14.8 Å². The van der Waals surface area contributed by atoms with Crippen LogP contribution in [0.3, 0.4) is 0 Å². The maximum atomic E-state index is 13.7. The second-order valence-corrected chi connectivity index (χ2v) is 9.00. The number of carbonyl (C=O) groups excluding carboxylic acids is 1. The molecule has 0 spiro atoms. The van der Waals surface area contributed by atoms with Gasteiger partial charge in [-0.05, 0) is 19.9 Å². The summed E-state index contributed by atoms with van der Waals surface area (Å²) in [6.07, 6.45) is 5.91. The molecule has 0 unspecified atom stereocenters. The van der Waals surface area contributed by atoms with E-state index in [9.17, 15) is 18.8 Å². The third kappa shape index (κ3) is 3.89. The second kappa shape index (κ2) is 8.32. The molecule has 186 valence electrons. The van der Waals surface area contributed by atoms with Gasteiger partial charge in [0.1, 0.15) is 17.5 Å². The number of fused-ring (bicyclic) bond motifs is 1. The molecule has 4 aromatic rings. The van der Waals surface area contributed by atoms with Gasteiger partial charge in [0.2, 0.25) is 11.9 Å². The number of anilines is 2. The van der Waals surface area contributed by atoms with Crippen LogP contribution in [0.25, 0.3) is 22.6 Å². The molecule has 0 saturated carbocycles. The van der Waals surface area contributed by atoms with Crippen LogP contribution in [0.1, 0.15) is 19.9 Å². The van der Waals surface area contributed by atoms with Crippen LogP contribution < -0.4 is 21.5 Å². The summed E-state index contributed by atoms with van der Waals surface area (Å²) >= 11 is 0. The van der Waals surface area contributed by atoms with Crippen molar-refractivity contribution in [3.63, 3.8) is 0 Å². The lowest BCUT2D eigenvalue weighted by Gasteiger charge is -2.42. The number of nitrogens with one attached hydrogen (secondary N) is 1. The Balaban J connectivity index is 1.35. The van der Waals surface area contributed by atoms with Gasteiger partial charge in [-0.15, -0.1) is 0 Å². The zero-order chi connectivity index (χ0) is 25.8. The van der Waals surface area contributed by atoms with Gasteiger partial charge in [-0.3, -0.25) is 18.7 Å². The van der Waals surface area contributed by atoms with E-state index in [0.717, 1.165) is 4.57 Å². The van der Waals surface area contributed by atoms with E-state index in [0.29, 0.717) is 17.3 Å². The summed E-state index contributed by atoms with van der Waals surface area (Å²) in [5, 5.41) is 2.72. The zero-order valence-electron chi connectivity index (χ0n) is 20.0. The molecule has 36 heavy (non-hydrogen) atoms. The number of imidazole rings is 1. The summed E-state index contributed by atoms with van der Waals surface area (Å²) in [6, 6.07) is 0.694. The Bertz CT molecular complexity index is 1600. The molecule has 1 saturated heterocycles. The highest BCUT2D eigenvalue weighted by molar-refractivity contribution is 5.93. The number of halogens is 1. The number of rotatable bonds is 5. The Morgan fingerprint density at radius 2 is 1.81 bits per heavy atom. The first-order valence-electron chi connectivity index (χ1n) is 11.1. The van der Waals surface area contributed by atoms with Crippen molar-refractivity contribution in [1.29, 1.82) is 0 Å². The van der Waals surface area contributed by atoms with Crippen molar-refractivity contribution in [1.82, 2.24) is 38.6 Å². The van der Waals surface area contributed by atoms with Crippen molar-refractivity contribution in [2.45, 2.75) is 25.6 Å². The van der Waals surface area contributed by atoms with Crippen LogP contribution >= 0.6 is 0 Å². The molecule has 1 atom stereocenters. The lowest BCUT2D eigenvalue weighted by atomic mass is 10.00. The third-order valence-electron chi connectivity index (χ3n) is 6.10. The molecular weight excluding hydrogens is 471 g/mol. The molecular formula is C22H23FN10O3. The van der Waals surface area contributed by atoms with Crippen molar-refractivity contribution in [3.8, 4) is 11.4 Å². The largest absolute Gasteiger partial charge is 0.334 e. The standard InChI is InChI=1S/C22H23FN10O3/c1-12(33-11-27-17-15(33)19(35)31(4)21(36)30(17)3)18(34)29-14-5-6-24-16(28-14)13-7-25-20(26-8-13)32-9-22(2,23)10-32/h5-8,11-12H,9-10H2,1-4H3,(H,24,28,29,34)/t12-/m0/s1. The molecule has 5 heterocycles. The highest BCUT2D eigenvalue weighted by atomic mass is 19.1. The van der Waals surface area contributed by atoms with E-state index in [-0.39, 0.29) is 30.1 Å². The molecule has 14 heteroatoms. The van der Waals surface area contributed by atoms with Gasteiger partial charge in [0.15, 0.2) is 17.0 Å². The number of nitrogens with zero attached hydrogens (tertiary/aromatic N) is 9. The van der Waals surface area contributed by atoms with Gasteiger partial charge in [0.05, 0.1) is 25.0 Å². The van der Waals surface area contributed by atoms with E-state index in [1.54, 1.807) is 11.8 Å². The minimum atomic E-state index is -1.23. The fourth-order valence-electron chi connectivity index (χ4n) is 4.07. The van der Waals surface area contributed by atoms with Gasteiger partial charge in [0.25, 0.3) is 5.56 Å². The van der Waals surface area contributed by atoms with Crippen LogP contribution in [0.4, 0.5) is 16.2 Å². The van der Waals surface area contributed by atoms with Crippen molar-refractivity contribution < 1.29 is 9.18 Å². The van der Waals surface area contributed by atoms with E-state index in [4.69, 9.17) is 0 Å². The fourth-order valence-corrected chi connectivity index (χ4v) is 4.07. The quantitative estimate of drug-likeness (QED) is 0.417. The van der Waals surface area contributed by atoms with Gasteiger partial charge in [-0.25, -0.2) is 34.1 Å². The first-order chi connectivity index (χ1) is 17.1. The molecule has 0 bridgehead atoms. The van der Waals surface area contributed by atoms with E-state index in [1.807, 2.05) is 0 Å². The molecule has 0 radical (unpaired) electrons. The molecule has 1 fully saturated rings. The Labute approximate surface area is 203 Å². The van der Waals surface area contributed by atoms with Crippen LogP contribution in [0.5, 0.6) is 0 Å². The molecule has 4 aromatic heterocycles. The average molecular weight is 494 g/mol. The summed E-state index contributed by atoms with van der Waals surface area (Å²) in [4.78, 5) is 60.9. The Hall–Kier alpha value is -4.49. The van der Waals surface area contributed by atoms with Crippen LogP contribution in [0, 0.1) is 0 Å². The minimum absolute atomic E-state index is 0.137. The summed E-state index contributed by atoms with van der Waals surface area (Å²) < 4.78 is 17.4. The summed E-state index contributed by atoms with van der Waals surface area (Å²) in [7, 11) is 2.87. The molecule has 0 aliphatic carbocycles. The molecule has 1 N–H and O–H groups in total. The Kier molecular flexibility index (Phi) is 5.38. The van der Waals surface area contributed by atoms with Gasteiger partial charge >= 0.3 is 5.69 Å². The highest BCUT2D eigenvalue weighted by Gasteiger charge is 2.40. The molecule has 0 aromatic carbocycles. The molecule has 5 rings (SSSR count). The molecule has 13 nitrogen and oxygen atoms in total. The number of hydrogen-bond donors (Lipinski definition) is 1. The summed E-state index contributed by atoms with van der Waals surface area (Å²) in [5.74, 6) is 0.501. The maximum Gasteiger partial charge on any atom is 0.332 e. The zero-order valence-corrected chi connectivity index (χ0v) is 20.0. The van der Waals surface area contributed by atoms with E-state index in [2.05, 4.69) is 30.2 Å². The van der Waals surface area contributed by atoms with Crippen LogP contribution in [-0.4, -0.2) is 63.3 Å². The predicted molar refractivity (Wildman–Crippen MR) is 128 cm³/mol. The first kappa shape index (κ1) is 23.3. The van der Waals surface area contributed by atoms with Gasteiger partial charge in [-0.1, -0.05) is 0 Å². The van der Waals surface area contributed by atoms with Crippen molar-refractivity contribution >= 4 is 28.8 Å². The highest BCUT2D eigenvalue weighted by Crippen LogP contribution is 2.28. The molecule has 1 aliphatic heterocycles. The molecule has 1 aliphatic rings. The van der Waals surface area contributed by atoms with Gasteiger partial charge in [0, 0.05) is 32.7 Å². The Morgan fingerprint density at radius 1 is 1.11 bits per heavy atom. The summed E-state index contributed by atoms with van der Waals surface area (Å²) in [5.41, 5.74) is -1.44. The predicted octanol–water partition coefficient (Wildman–Crippen LogP) is 0.429. The van der Waals surface area contributed by atoms with E-state index >= 15 is 0 Å².